The largest absolute Gasteiger partial charge is 0.396 e. The minimum atomic E-state index is -0.250. The van der Waals surface area contributed by atoms with Crippen molar-refractivity contribution in [3.63, 3.8) is 0 Å². The van der Waals surface area contributed by atoms with Crippen LogP contribution in [0.15, 0.2) is 6.07 Å². The molecule has 0 spiro atoms. The zero-order valence-electron chi connectivity index (χ0n) is 13.3. The summed E-state index contributed by atoms with van der Waals surface area (Å²) in [6, 6.07) is 2.04. The Balaban J connectivity index is 2.38. The van der Waals surface area contributed by atoms with Crippen LogP contribution in [0.5, 0.6) is 0 Å². The van der Waals surface area contributed by atoms with Crippen molar-refractivity contribution in [3.8, 4) is 0 Å². The van der Waals surface area contributed by atoms with Crippen LogP contribution in [0.25, 0.3) is 0 Å². The van der Waals surface area contributed by atoms with Crippen LogP contribution in [0.4, 0.5) is 0 Å². The number of amides is 1. The quantitative estimate of drug-likeness (QED) is 0.828. The van der Waals surface area contributed by atoms with Gasteiger partial charge in [-0.25, -0.2) is 0 Å². The summed E-state index contributed by atoms with van der Waals surface area (Å²) in [6.45, 7) is 9.32. The van der Waals surface area contributed by atoms with E-state index in [0.717, 1.165) is 24.4 Å². The van der Waals surface area contributed by atoms with Crippen LogP contribution in [-0.2, 0) is 11.3 Å². The fourth-order valence-corrected chi connectivity index (χ4v) is 2.25. The number of nitrogens with zero attached hydrogens (tertiary/aromatic N) is 3. The summed E-state index contributed by atoms with van der Waals surface area (Å²) >= 11 is 0. The molecule has 1 amide bonds. The SMILES string of the molecule is Cc1cc(C)n(CCCC(=O)N(C)CC(C)(C)CO)n1. The van der Waals surface area contributed by atoms with Gasteiger partial charge in [-0.2, -0.15) is 5.10 Å². The van der Waals surface area contributed by atoms with Crippen LogP contribution in [0, 0.1) is 19.3 Å². The van der Waals surface area contributed by atoms with Crippen molar-refractivity contribution in [1.82, 2.24) is 14.7 Å². The summed E-state index contributed by atoms with van der Waals surface area (Å²) in [5, 5.41) is 13.6. The molecule has 1 N–H and O–H groups in total. The second-order valence-corrected chi connectivity index (χ2v) is 6.33. The molecular weight excluding hydrogens is 254 g/mol. The summed E-state index contributed by atoms with van der Waals surface area (Å²) in [7, 11) is 1.79. The number of carbonyl (C=O) groups excluding carboxylic acids is 1. The van der Waals surface area contributed by atoms with Crippen molar-refractivity contribution in [2.75, 3.05) is 20.2 Å². The predicted octanol–water partition coefficient (Wildman–Crippen LogP) is 1.76. The number of aryl methyl sites for hydroxylation is 3. The van der Waals surface area contributed by atoms with Gasteiger partial charge in [0.2, 0.25) is 5.91 Å². The summed E-state index contributed by atoms with van der Waals surface area (Å²) in [4.78, 5) is 13.7. The average Bonchev–Trinajstić information content (AvgIpc) is 2.67. The average molecular weight is 281 g/mol. The number of aliphatic hydroxyl groups is 1. The van der Waals surface area contributed by atoms with Gasteiger partial charge in [0.15, 0.2) is 0 Å². The van der Waals surface area contributed by atoms with Gasteiger partial charge in [0.05, 0.1) is 5.69 Å². The number of rotatable bonds is 7. The van der Waals surface area contributed by atoms with Crippen molar-refractivity contribution in [2.24, 2.45) is 5.41 Å². The minimum Gasteiger partial charge on any atom is -0.396 e. The summed E-state index contributed by atoms with van der Waals surface area (Å²) in [5.41, 5.74) is 1.89. The maximum Gasteiger partial charge on any atom is 0.222 e. The van der Waals surface area contributed by atoms with Crippen molar-refractivity contribution in [2.45, 2.75) is 47.1 Å². The number of aliphatic hydroxyl groups excluding tert-OH is 1. The van der Waals surface area contributed by atoms with Gasteiger partial charge < -0.3 is 10.0 Å². The standard InChI is InChI=1S/C15H27N3O2/c1-12-9-13(2)18(16-12)8-6-7-14(20)17(5)10-15(3,4)11-19/h9,19H,6-8,10-11H2,1-5H3. The van der Waals surface area contributed by atoms with Gasteiger partial charge in [0.25, 0.3) is 0 Å². The van der Waals surface area contributed by atoms with Gasteiger partial charge in [-0.15, -0.1) is 0 Å². The van der Waals surface area contributed by atoms with Gasteiger partial charge >= 0.3 is 0 Å². The lowest BCUT2D eigenvalue weighted by molar-refractivity contribution is -0.131. The molecule has 0 aliphatic heterocycles. The topological polar surface area (TPSA) is 58.4 Å². The third kappa shape index (κ3) is 4.96. The van der Waals surface area contributed by atoms with E-state index >= 15 is 0 Å². The molecule has 0 bridgehead atoms. The van der Waals surface area contributed by atoms with E-state index in [4.69, 9.17) is 0 Å². The van der Waals surface area contributed by atoms with E-state index in [1.165, 1.54) is 0 Å². The lowest BCUT2D eigenvalue weighted by atomic mass is 9.94. The molecule has 1 rings (SSSR count). The molecule has 114 valence electrons. The van der Waals surface area contributed by atoms with Crippen LogP contribution < -0.4 is 0 Å². The van der Waals surface area contributed by atoms with Gasteiger partial charge in [0.1, 0.15) is 0 Å². The molecule has 0 fully saturated rings. The Bertz CT molecular complexity index is 452. The molecule has 0 atom stereocenters. The number of hydrogen-bond donors (Lipinski definition) is 1. The van der Waals surface area contributed by atoms with Gasteiger partial charge in [-0.3, -0.25) is 9.48 Å². The first kappa shape index (κ1) is 16.7. The summed E-state index contributed by atoms with van der Waals surface area (Å²) < 4.78 is 1.94. The fraction of sp³-hybridized carbons (Fsp3) is 0.733. The first-order valence-corrected chi connectivity index (χ1v) is 7.11. The first-order valence-electron chi connectivity index (χ1n) is 7.11. The fourth-order valence-electron chi connectivity index (χ4n) is 2.25. The van der Waals surface area contributed by atoms with Crippen LogP contribution in [0.2, 0.25) is 0 Å². The number of carbonyl (C=O) groups is 1. The highest BCUT2D eigenvalue weighted by molar-refractivity contribution is 5.75. The lowest BCUT2D eigenvalue weighted by Crippen LogP contribution is -2.37. The highest BCUT2D eigenvalue weighted by atomic mass is 16.3. The molecule has 5 nitrogen and oxygen atoms in total. The Kier molecular flexibility index (Phi) is 5.74. The van der Waals surface area contributed by atoms with E-state index in [1.54, 1.807) is 11.9 Å². The summed E-state index contributed by atoms with van der Waals surface area (Å²) in [6.07, 6.45) is 1.29. The van der Waals surface area contributed by atoms with Crippen molar-refractivity contribution in [3.05, 3.63) is 17.5 Å². The Labute approximate surface area is 121 Å². The molecule has 0 unspecified atom stereocenters. The molecule has 0 saturated heterocycles. The predicted molar refractivity (Wildman–Crippen MR) is 79.4 cm³/mol. The van der Waals surface area contributed by atoms with E-state index in [1.807, 2.05) is 38.4 Å². The maximum absolute atomic E-state index is 12.0. The number of hydrogen-bond acceptors (Lipinski definition) is 3. The molecule has 5 heteroatoms. The maximum atomic E-state index is 12.0. The lowest BCUT2D eigenvalue weighted by Gasteiger charge is -2.28. The van der Waals surface area contributed by atoms with E-state index in [2.05, 4.69) is 5.10 Å². The second-order valence-electron chi connectivity index (χ2n) is 6.33. The third-order valence-electron chi connectivity index (χ3n) is 3.38. The van der Waals surface area contributed by atoms with Crippen LogP contribution in [-0.4, -0.2) is 45.9 Å². The van der Waals surface area contributed by atoms with Crippen molar-refractivity contribution < 1.29 is 9.90 Å². The Morgan fingerprint density at radius 3 is 2.60 bits per heavy atom. The molecule has 0 aromatic carbocycles. The highest BCUT2D eigenvalue weighted by Crippen LogP contribution is 2.15. The molecular formula is C15H27N3O2. The highest BCUT2D eigenvalue weighted by Gasteiger charge is 2.21. The monoisotopic (exact) mass is 281 g/mol. The first-order chi connectivity index (χ1) is 9.25. The molecule has 0 aliphatic carbocycles. The van der Waals surface area contributed by atoms with Crippen LogP contribution in [0.1, 0.15) is 38.1 Å². The van der Waals surface area contributed by atoms with Gasteiger partial charge in [-0.05, 0) is 26.3 Å². The second kappa shape index (κ2) is 6.88. The van der Waals surface area contributed by atoms with Crippen molar-refractivity contribution in [1.29, 1.82) is 0 Å². The molecule has 0 saturated carbocycles. The Morgan fingerprint density at radius 1 is 1.45 bits per heavy atom. The Hall–Kier alpha value is -1.36. The van der Waals surface area contributed by atoms with Crippen LogP contribution >= 0.6 is 0 Å². The van der Waals surface area contributed by atoms with E-state index in [9.17, 15) is 9.90 Å². The molecule has 0 aliphatic rings. The van der Waals surface area contributed by atoms with Gasteiger partial charge in [0, 0.05) is 44.3 Å². The van der Waals surface area contributed by atoms with E-state index in [0.29, 0.717) is 13.0 Å². The van der Waals surface area contributed by atoms with Crippen LogP contribution in [0.3, 0.4) is 0 Å². The third-order valence-corrected chi connectivity index (χ3v) is 3.38. The van der Waals surface area contributed by atoms with E-state index < -0.39 is 0 Å². The molecule has 0 radical (unpaired) electrons. The summed E-state index contributed by atoms with van der Waals surface area (Å²) in [5.74, 6) is 0.119. The van der Waals surface area contributed by atoms with Gasteiger partial charge in [-0.1, -0.05) is 13.8 Å². The normalized spacial score (nSPS) is 11.7. The minimum absolute atomic E-state index is 0.0797. The molecule has 1 heterocycles. The Morgan fingerprint density at radius 2 is 2.10 bits per heavy atom. The zero-order chi connectivity index (χ0) is 15.3. The van der Waals surface area contributed by atoms with Crippen molar-refractivity contribution >= 4 is 5.91 Å². The molecule has 1 aromatic rings. The smallest absolute Gasteiger partial charge is 0.222 e. The zero-order valence-corrected chi connectivity index (χ0v) is 13.3. The molecule has 20 heavy (non-hydrogen) atoms. The van der Waals surface area contributed by atoms with E-state index in [-0.39, 0.29) is 17.9 Å². The molecule has 1 aromatic heterocycles. The number of aromatic nitrogens is 2.